The van der Waals surface area contributed by atoms with Crippen LogP contribution in [0.5, 0.6) is 0 Å². The molecule has 1 N–H and O–H groups in total. The lowest BCUT2D eigenvalue weighted by Crippen LogP contribution is -2.29. The fourth-order valence-corrected chi connectivity index (χ4v) is 2.48. The highest BCUT2D eigenvalue weighted by Gasteiger charge is 2.12. The van der Waals surface area contributed by atoms with E-state index in [0.717, 1.165) is 18.5 Å². The number of amides is 1. The smallest absolute Gasteiger partial charge is 0.227 e. The van der Waals surface area contributed by atoms with Gasteiger partial charge in [-0.3, -0.25) is 9.78 Å². The second kappa shape index (κ2) is 9.80. The molecule has 2 rings (SSSR count). The molecule has 0 spiro atoms. The fraction of sp³-hybridized carbons (Fsp3) is 0.556. The largest absolute Gasteiger partial charge is 0.356 e. The molecule has 0 fully saturated rings. The molecule has 130 valence electrons. The van der Waals surface area contributed by atoms with Gasteiger partial charge in [0.25, 0.3) is 0 Å². The molecule has 24 heavy (non-hydrogen) atoms. The van der Waals surface area contributed by atoms with Crippen LogP contribution in [0.3, 0.4) is 0 Å². The SMILES string of the molecule is CCCCC(CC)CNC(=O)CCc1nc(-c2ccncc2)no1. The highest BCUT2D eigenvalue weighted by Crippen LogP contribution is 2.15. The summed E-state index contributed by atoms with van der Waals surface area (Å²) in [6.45, 7) is 5.11. The first-order valence-electron chi connectivity index (χ1n) is 8.72. The molecule has 0 aliphatic rings. The summed E-state index contributed by atoms with van der Waals surface area (Å²) in [5, 5.41) is 6.95. The Morgan fingerprint density at radius 1 is 1.29 bits per heavy atom. The zero-order valence-corrected chi connectivity index (χ0v) is 14.5. The third-order valence-corrected chi connectivity index (χ3v) is 4.10. The number of carbonyl (C=O) groups excluding carboxylic acids is 1. The Morgan fingerprint density at radius 2 is 2.08 bits per heavy atom. The molecule has 2 heterocycles. The van der Waals surface area contributed by atoms with Crippen molar-refractivity contribution in [2.75, 3.05) is 6.54 Å². The molecule has 0 bridgehead atoms. The molecule has 2 aromatic rings. The van der Waals surface area contributed by atoms with Crippen molar-refractivity contribution in [1.29, 1.82) is 0 Å². The van der Waals surface area contributed by atoms with E-state index in [2.05, 4.69) is 34.3 Å². The summed E-state index contributed by atoms with van der Waals surface area (Å²) in [5.74, 6) is 1.61. The van der Waals surface area contributed by atoms with Gasteiger partial charge in [0.05, 0.1) is 0 Å². The van der Waals surface area contributed by atoms with Gasteiger partial charge in [0, 0.05) is 37.3 Å². The van der Waals surface area contributed by atoms with Crippen molar-refractivity contribution in [3.05, 3.63) is 30.4 Å². The molecule has 0 saturated carbocycles. The Hall–Kier alpha value is -2.24. The molecule has 1 amide bonds. The van der Waals surface area contributed by atoms with Gasteiger partial charge in [-0.15, -0.1) is 0 Å². The van der Waals surface area contributed by atoms with Gasteiger partial charge in [0.2, 0.25) is 17.6 Å². The number of hydrogen-bond acceptors (Lipinski definition) is 5. The number of nitrogens with one attached hydrogen (secondary N) is 1. The Labute approximate surface area is 143 Å². The van der Waals surface area contributed by atoms with Crippen LogP contribution in [0, 0.1) is 5.92 Å². The number of pyridine rings is 1. The van der Waals surface area contributed by atoms with Gasteiger partial charge in [-0.1, -0.05) is 38.3 Å². The maximum atomic E-state index is 12.0. The zero-order valence-electron chi connectivity index (χ0n) is 14.5. The summed E-state index contributed by atoms with van der Waals surface area (Å²) in [4.78, 5) is 20.3. The van der Waals surface area contributed by atoms with E-state index in [1.165, 1.54) is 19.3 Å². The van der Waals surface area contributed by atoms with Crippen LogP contribution in [0.2, 0.25) is 0 Å². The van der Waals surface area contributed by atoms with E-state index in [4.69, 9.17) is 4.52 Å². The minimum absolute atomic E-state index is 0.0357. The Bertz CT molecular complexity index is 612. The van der Waals surface area contributed by atoms with Crippen molar-refractivity contribution >= 4 is 5.91 Å². The van der Waals surface area contributed by atoms with Crippen LogP contribution in [0.15, 0.2) is 29.0 Å². The second-order valence-electron chi connectivity index (χ2n) is 5.97. The fourth-order valence-electron chi connectivity index (χ4n) is 2.48. The van der Waals surface area contributed by atoms with Crippen LogP contribution in [-0.4, -0.2) is 27.6 Å². The minimum atomic E-state index is 0.0357. The van der Waals surface area contributed by atoms with Gasteiger partial charge in [0.1, 0.15) is 0 Å². The molecular weight excluding hydrogens is 304 g/mol. The van der Waals surface area contributed by atoms with Crippen molar-refractivity contribution in [3.63, 3.8) is 0 Å². The number of aryl methyl sites for hydroxylation is 1. The molecular formula is C18H26N4O2. The van der Waals surface area contributed by atoms with E-state index in [-0.39, 0.29) is 5.91 Å². The molecule has 2 aromatic heterocycles. The minimum Gasteiger partial charge on any atom is -0.356 e. The third-order valence-electron chi connectivity index (χ3n) is 4.10. The topological polar surface area (TPSA) is 80.9 Å². The quantitative estimate of drug-likeness (QED) is 0.722. The predicted molar refractivity (Wildman–Crippen MR) is 92.2 cm³/mol. The van der Waals surface area contributed by atoms with Crippen LogP contribution >= 0.6 is 0 Å². The Balaban J connectivity index is 1.75. The molecule has 6 nitrogen and oxygen atoms in total. The van der Waals surface area contributed by atoms with Crippen molar-refractivity contribution in [2.45, 2.75) is 52.4 Å². The van der Waals surface area contributed by atoms with Crippen LogP contribution in [0.25, 0.3) is 11.4 Å². The summed E-state index contributed by atoms with van der Waals surface area (Å²) >= 11 is 0. The van der Waals surface area contributed by atoms with Crippen molar-refractivity contribution in [2.24, 2.45) is 5.92 Å². The van der Waals surface area contributed by atoms with Crippen molar-refractivity contribution < 1.29 is 9.32 Å². The Morgan fingerprint density at radius 3 is 2.79 bits per heavy atom. The molecule has 1 atom stereocenters. The van der Waals surface area contributed by atoms with Crippen LogP contribution in [0.1, 0.15) is 51.8 Å². The summed E-state index contributed by atoms with van der Waals surface area (Å²) in [7, 11) is 0. The van der Waals surface area contributed by atoms with E-state index in [1.54, 1.807) is 12.4 Å². The lowest BCUT2D eigenvalue weighted by atomic mass is 9.99. The summed E-state index contributed by atoms with van der Waals surface area (Å²) in [6.07, 6.45) is 8.86. The number of nitrogens with zero attached hydrogens (tertiary/aromatic N) is 3. The van der Waals surface area contributed by atoms with E-state index in [9.17, 15) is 4.79 Å². The molecule has 0 aliphatic heterocycles. The van der Waals surface area contributed by atoms with E-state index in [1.807, 2.05) is 12.1 Å². The summed E-state index contributed by atoms with van der Waals surface area (Å²) < 4.78 is 5.21. The summed E-state index contributed by atoms with van der Waals surface area (Å²) in [5.41, 5.74) is 0.853. The van der Waals surface area contributed by atoms with E-state index >= 15 is 0 Å². The number of hydrogen-bond donors (Lipinski definition) is 1. The van der Waals surface area contributed by atoms with E-state index < -0.39 is 0 Å². The monoisotopic (exact) mass is 330 g/mol. The second-order valence-corrected chi connectivity index (χ2v) is 5.97. The molecule has 0 aliphatic carbocycles. The Kier molecular flexibility index (Phi) is 7.39. The molecule has 0 aromatic carbocycles. The lowest BCUT2D eigenvalue weighted by Gasteiger charge is -2.14. The van der Waals surface area contributed by atoms with Gasteiger partial charge in [-0.2, -0.15) is 4.98 Å². The number of rotatable bonds is 10. The normalized spacial score (nSPS) is 12.1. The maximum absolute atomic E-state index is 12.0. The van der Waals surface area contributed by atoms with Crippen molar-refractivity contribution in [1.82, 2.24) is 20.4 Å². The van der Waals surface area contributed by atoms with E-state index in [0.29, 0.717) is 30.5 Å². The zero-order chi connectivity index (χ0) is 17.2. The molecule has 0 saturated heterocycles. The average molecular weight is 330 g/mol. The van der Waals surface area contributed by atoms with Gasteiger partial charge in [-0.05, 0) is 24.5 Å². The number of carbonyl (C=O) groups is 1. The van der Waals surface area contributed by atoms with Crippen LogP contribution in [0.4, 0.5) is 0 Å². The van der Waals surface area contributed by atoms with Gasteiger partial charge >= 0.3 is 0 Å². The third kappa shape index (κ3) is 5.76. The molecule has 0 radical (unpaired) electrons. The standard InChI is InChI=1S/C18H26N4O2/c1-3-5-6-14(4-2)13-20-16(23)7-8-17-21-18(22-24-17)15-9-11-19-12-10-15/h9-12,14H,3-8,13H2,1-2H3,(H,20,23). The highest BCUT2D eigenvalue weighted by molar-refractivity contribution is 5.76. The van der Waals surface area contributed by atoms with Crippen LogP contribution in [-0.2, 0) is 11.2 Å². The maximum Gasteiger partial charge on any atom is 0.227 e. The first-order chi connectivity index (χ1) is 11.7. The first kappa shape index (κ1) is 18.1. The van der Waals surface area contributed by atoms with Gasteiger partial charge < -0.3 is 9.84 Å². The van der Waals surface area contributed by atoms with Crippen molar-refractivity contribution in [3.8, 4) is 11.4 Å². The molecule has 6 heteroatoms. The average Bonchev–Trinajstić information content (AvgIpc) is 3.10. The van der Waals surface area contributed by atoms with Gasteiger partial charge in [0.15, 0.2) is 0 Å². The number of aromatic nitrogens is 3. The summed E-state index contributed by atoms with van der Waals surface area (Å²) in [6, 6.07) is 3.64. The van der Waals surface area contributed by atoms with Gasteiger partial charge in [-0.25, -0.2) is 0 Å². The first-order valence-corrected chi connectivity index (χ1v) is 8.72. The number of unbranched alkanes of at least 4 members (excludes halogenated alkanes) is 1. The predicted octanol–water partition coefficient (Wildman–Crippen LogP) is 3.40. The lowest BCUT2D eigenvalue weighted by molar-refractivity contribution is -0.121. The molecule has 1 unspecified atom stereocenters. The van der Waals surface area contributed by atoms with Crippen LogP contribution < -0.4 is 5.32 Å². The highest BCUT2D eigenvalue weighted by atomic mass is 16.5.